The van der Waals surface area contributed by atoms with Crippen LogP contribution in [0.2, 0.25) is 0 Å². The number of benzene rings is 1. The van der Waals surface area contributed by atoms with E-state index in [1.807, 2.05) is 38.1 Å². The molecule has 4 nitrogen and oxygen atoms in total. The smallest absolute Gasteiger partial charge is 0.174 e. The number of hydrogen-bond acceptors (Lipinski definition) is 3. The van der Waals surface area contributed by atoms with E-state index >= 15 is 0 Å². The molecule has 0 aliphatic heterocycles. The molecule has 0 bridgehead atoms. The highest BCUT2D eigenvalue weighted by molar-refractivity contribution is 6.20. The van der Waals surface area contributed by atoms with Gasteiger partial charge in [0.15, 0.2) is 5.82 Å². The van der Waals surface area contributed by atoms with E-state index in [1.165, 1.54) is 0 Å². The molecule has 0 aliphatic rings. The first-order chi connectivity index (χ1) is 7.18. The fraction of sp³-hybridized carbons (Fsp3) is 0.300. The van der Waals surface area contributed by atoms with E-state index in [0.717, 1.165) is 11.3 Å². The summed E-state index contributed by atoms with van der Waals surface area (Å²) in [6.07, 6.45) is 0. The highest BCUT2D eigenvalue weighted by Gasteiger charge is 2.12. The highest BCUT2D eigenvalue weighted by Crippen LogP contribution is 2.19. The second-order valence-electron chi connectivity index (χ2n) is 3.40. The lowest BCUT2D eigenvalue weighted by atomic mass is 10.2. The van der Waals surface area contributed by atoms with Gasteiger partial charge in [-0.1, -0.05) is 12.1 Å². The highest BCUT2D eigenvalue weighted by atomic mass is 35.5. The first-order valence-corrected chi connectivity index (χ1v) is 5.11. The summed E-state index contributed by atoms with van der Waals surface area (Å²) in [5.41, 5.74) is 2.10. The minimum absolute atomic E-state index is 0.208. The normalized spacial score (nSPS) is 12.7. The summed E-state index contributed by atoms with van der Waals surface area (Å²) in [7, 11) is 0. The number of aromatic nitrogens is 4. The van der Waals surface area contributed by atoms with Crippen molar-refractivity contribution in [3.05, 3.63) is 35.7 Å². The van der Waals surface area contributed by atoms with Gasteiger partial charge in [-0.2, -0.15) is 4.68 Å². The van der Waals surface area contributed by atoms with Crippen LogP contribution in [0.15, 0.2) is 24.3 Å². The van der Waals surface area contributed by atoms with Gasteiger partial charge in [0.05, 0.1) is 11.1 Å². The maximum atomic E-state index is 5.98. The number of tetrazole rings is 1. The van der Waals surface area contributed by atoms with Crippen LogP contribution in [0.25, 0.3) is 5.69 Å². The molecule has 0 N–H and O–H groups in total. The van der Waals surface area contributed by atoms with Crippen LogP contribution < -0.4 is 0 Å². The molecule has 15 heavy (non-hydrogen) atoms. The van der Waals surface area contributed by atoms with E-state index in [4.69, 9.17) is 11.6 Å². The topological polar surface area (TPSA) is 43.6 Å². The van der Waals surface area contributed by atoms with Gasteiger partial charge in [-0.05, 0) is 42.0 Å². The van der Waals surface area contributed by atoms with E-state index in [0.29, 0.717) is 5.82 Å². The van der Waals surface area contributed by atoms with Crippen molar-refractivity contribution in [1.29, 1.82) is 0 Å². The van der Waals surface area contributed by atoms with E-state index in [-0.39, 0.29) is 5.38 Å². The van der Waals surface area contributed by atoms with Crippen molar-refractivity contribution in [3.8, 4) is 5.69 Å². The standard InChI is InChI=1S/C10H11ClN4/c1-7-4-3-5-9(6-7)15-10(8(2)11)12-13-14-15/h3-6,8H,1-2H3. The minimum atomic E-state index is -0.208. The Bertz CT molecular complexity index is 464. The van der Waals surface area contributed by atoms with Crippen LogP contribution in [0.3, 0.4) is 0 Å². The Labute approximate surface area is 92.9 Å². The molecule has 0 aliphatic carbocycles. The second-order valence-corrected chi connectivity index (χ2v) is 4.06. The van der Waals surface area contributed by atoms with Crippen LogP contribution in [0.5, 0.6) is 0 Å². The molecule has 2 rings (SSSR count). The lowest BCUT2D eigenvalue weighted by molar-refractivity contribution is 0.760. The summed E-state index contributed by atoms with van der Waals surface area (Å²) >= 11 is 5.98. The molecule has 0 radical (unpaired) electrons. The molecule has 1 atom stereocenters. The molecular formula is C10H11ClN4. The molecule has 0 spiro atoms. The van der Waals surface area contributed by atoms with Gasteiger partial charge < -0.3 is 0 Å². The second kappa shape index (κ2) is 3.98. The summed E-state index contributed by atoms with van der Waals surface area (Å²) in [6, 6.07) is 7.96. The SMILES string of the molecule is Cc1cccc(-n2nnnc2C(C)Cl)c1. The third-order valence-corrected chi connectivity index (χ3v) is 2.29. The lowest BCUT2D eigenvalue weighted by Crippen LogP contribution is -2.03. The molecule has 1 aromatic carbocycles. The van der Waals surface area contributed by atoms with Crippen molar-refractivity contribution < 1.29 is 0 Å². The molecule has 78 valence electrons. The Morgan fingerprint density at radius 2 is 2.20 bits per heavy atom. The minimum Gasteiger partial charge on any atom is -0.196 e. The third kappa shape index (κ3) is 1.99. The van der Waals surface area contributed by atoms with Crippen molar-refractivity contribution in [1.82, 2.24) is 20.2 Å². The predicted octanol–water partition coefficient (Wildman–Crippen LogP) is 2.27. The molecule has 1 heterocycles. The average Bonchev–Trinajstić information content (AvgIpc) is 2.65. The number of hydrogen-bond donors (Lipinski definition) is 0. The summed E-state index contributed by atoms with van der Waals surface area (Å²) in [4.78, 5) is 0. The molecule has 0 saturated carbocycles. The van der Waals surface area contributed by atoms with Gasteiger partial charge >= 0.3 is 0 Å². The maximum absolute atomic E-state index is 5.98. The van der Waals surface area contributed by atoms with E-state index < -0.39 is 0 Å². The molecular weight excluding hydrogens is 212 g/mol. The van der Waals surface area contributed by atoms with Crippen molar-refractivity contribution >= 4 is 11.6 Å². The molecule has 1 aromatic heterocycles. The van der Waals surface area contributed by atoms with Gasteiger partial charge in [-0.3, -0.25) is 0 Å². The molecule has 2 aromatic rings. The summed E-state index contributed by atoms with van der Waals surface area (Å²) in [5, 5.41) is 11.2. The van der Waals surface area contributed by atoms with Gasteiger partial charge in [0.2, 0.25) is 0 Å². The van der Waals surface area contributed by atoms with Gasteiger partial charge in [-0.25, -0.2) is 0 Å². The zero-order valence-corrected chi connectivity index (χ0v) is 9.31. The van der Waals surface area contributed by atoms with Crippen LogP contribution in [-0.4, -0.2) is 20.2 Å². The predicted molar refractivity (Wildman–Crippen MR) is 58.2 cm³/mol. The van der Waals surface area contributed by atoms with E-state index in [2.05, 4.69) is 15.5 Å². The fourth-order valence-corrected chi connectivity index (χ4v) is 1.52. The molecule has 0 saturated heterocycles. The molecule has 1 unspecified atom stereocenters. The van der Waals surface area contributed by atoms with Crippen molar-refractivity contribution in [2.75, 3.05) is 0 Å². The lowest BCUT2D eigenvalue weighted by Gasteiger charge is -2.05. The Morgan fingerprint density at radius 3 is 2.87 bits per heavy atom. The Balaban J connectivity index is 2.49. The number of alkyl halides is 1. The maximum Gasteiger partial charge on any atom is 0.174 e. The van der Waals surface area contributed by atoms with Crippen molar-refractivity contribution in [2.45, 2.75) is 19.2 Å². The summed E-state index contributed by atoms with van der Waals surface area (Å²) in [6.45, 7) is 3.87. The first kappa shape index (κ1) is 10.1. The molecule has 5 heteroatoms. The van der Waals surface area contributed by atoms with Gasteiger partial charge in [-0.15, -0.1) is 16.7 Å². The number of halogens is 1. The van der Waals surface area contributed by atoms with Crippen LogP contribution in [0.1, 0.15) is 23.7 Å². The monoisotopic (exact) mass is 222 g/mol. The van der Waals surface area contributed by atoms with E-state index in [1.54, 1.807) is 4.68 Å². The zero-order chi connectivity index (χ0) is 10.8. The van der Waals surface area contributed by atoms with Crippen molar-refractivity contribution in [2.24, 2.45) is 0 Å². The van der Waals surface area contributed by atoms with Crippen LogP contribution in [-0.2, 0) is 0 Å². The number of rotatable bonds is 2. The van der Waals surface area contributed by atoms with Crippen LogP contribution in [0.4, 0.5) is 0 Å². The Hall–Kier alpha value is -1.42. The van der Waals surface area contributed by atoms with Gasteiger partial charge in [0.1, 0.15) is 0 Å². The fourth-order valence-electron chi connectivity index (χ4n) is 1.39. The summed E-state index contributed by atoms with van der Waals surface area (Å²) < 4.78 is 1.66. The Kier molecular flexibility index (Phi) is 2.68. The zero-order valence-electron chi connectivity index (χ0n) is 8.55. The quantitative estimate of drug-likeness (QED) is 0.733. The third-order valence-electron chi connectivity index (χ3n) is 2.10. The van der Waals surface area contributed by atoms with Crippen molar-refractivity contribution in [3.63, 3.8) is 0 Å². The average molecular weight is 223 g/mol. The van der Waals surface area contributed by atoms with Gasteiger partial charge in [0.25, 0.3) is 0 Å². The number of nitrogens with zero attached hydrogens (tertiary/aromatic N) is 4. The first-order valence-electron chi connectivity index (χ1n) is 4.68. The number of aryl methyl sites for hydroxylation is 1. The molecule has 0 amide bonds. The largest absolute Gasteiger partial charge is 0.196 e. The van der Waals surface area contributed by atoms with Crippen LogP contribution in [0, 0.1) is 6.92 Å². The van der Waals surface area contributed by atoms with E-state index in [9.17, 15) is 0 Å². The Morgan fingerprint density at radius 1 is 1.40 bits per heavy atom. The van der Waals surface area contributed by atoms with Crippen LogP contribution >= 0.6 is 11.6 Å². The summed E-state index contributed by atoms with van der Waals surface area (Å²) in [5.74, 6) is 0.655. The van der Waals surface area contributed by atoms with Gasteiger partial charge in [0, 0.05) is 0 Å². The molecule has 0 fully saturated rings.